The number of nitrogens with one attached hydrogen (secondary N) is 1. The second-order valence-electron chi connectivity index (χ2n) is 4.98. The Morgan fingerprint density at radius 2 is 1.83 bits per heavy atom. The SMILES string of the molecule is C=C/C=C\C1=C(C=C)C(=O)N(C(CC)CC(=O)NC(C)=O)C1=O. The molecule has 0 radical (unpaired) electrons. The van der Waals surface area contributed by atoms with Crippen LogP contribution in [0.2, 0.25) is 0 Å². The van der Waals surface area contributed by atoms with Gasteiger partial charge in [0.2, 0.25) is 11.8 Å². The first kappa shape index (κ1) is 18.3. The zero-order valence-electron chi connectivity index (χ0n) is 13.3. The monoisotopic (exact) mass is 316 g/mol. The Kier molecular flexibility index (Phi) is 6.38. The van der Waals surface area contributed by atoms with E-state index in [-0.39, 0.29) is 17.6 Å². The number of imide groups is 2. The van der Waals surface area contributed by atoms with Gasteiger partial charge in [0.05, 0.1) is 11.1 Å². The quantitative estimate of drug-likeness (QED) is 0.568. The van der Waals surface area contributed by atoms with Gasteiger partial charge in [0, 0.05) is 19.4 Å². The first-order chi connectivity index (χ1) is 10.9. The second-order valence-corrected chi connectivity index (χ2v) is 4.98. The molecule has 1 heterocycles. The smallest absolute Gasteiger partial charge is 0.261 e. The van der Waals surface area contributed by atoms with Gasteiger partial charge in [0.25, 0.3) is 11.8 Å². The third-order valence-electron chi connectivity index (χ3n) is 3.36. The summed E-state index contributed by atoms with van der Waals surface area (Å²) in [6.45, 7) is 10.1. The zero-order chi connectivity index (χ0) is 17.6. The molecule has 0 aromatic carbocycles. The summed E-state index contributed by atoms with van der Waals surface area (Å²) < 4.78 is 0. The molecule has 1 N–H and O–H groups in total. The fourth-order valence-electron chi connectivity index (χ4n) is 2.32. The summed E-state index contributed by atoms with van der Waals surface area (Å²) in [6, 6.07) is -0.626. The van der Waals surface area contributed by atoms with Crippen molar-refractivity contribution < 1.29 is 19.2 Å². The predicted octanol–water partition coefficient (Wildman–Crippen LogP) is 1.41. The number of rotatable bonds is 7. The van der Waals surface area contributed by atoms with Crippen LogP contribution in [0.5, 0.6) is 0 Å². The van der Waals surface area contributed by atoms with Crippen molar-refractivity contribution in [2.24, 2.45) is 0 Å². The van der Waals surface area contributed by atoms with Crippen LogP contribution in [0.15, 0.2) is 48.6 Å². The van der Waals surface area contributed by atoms with Gasteiger partial charge in [-0.15, -0.1) is 0 Å². The Labute approximate surface area is 135 Å². The van der Waals surface area contributed by atoms with E-state index < -0.39 is 29.7 Å². The van der Waals surface area contributed by atoms with Crippen molar-refractivity contribution in [3.05, 3.63) is 48.6 Å². The Balaban J connectivity index is 3.06. The molecular weight excluding hydrogens is 296 g/mol. The number of carbonyl (C=O) groups excluding carboxylic acids is 4. The molecule has 0 spiro atoms. The largest absolute Gasteiger partial charge is 0.297 e. The first-order valence-corrected chi connectivity index (χ1v) is 7.21. The molecule has 1 atom stereocenters. The van der Waals surface area contributed by atoms with Crippen molar-refractivity contribution in [1.29, 1.82) is 0 Å². The molecule has 0 aromatic rings. The lowest BCUT2D eigenvalue weighted by molar-refractivity contribution is -0.140. The number of allylic oxidation sites excluding steroid dienone is 2. The summed E-state index contributed by atoms with van der Waals surface area (Å²) in [6.07, 6.45) is 6.13. The third-order valence-corrected chi connectivity index (χ3v) is 3.36. The molecule has 0 aliphatic carbocycles. The Morgan fingerprint density at radius 1 is 1.22 bits per heavy atom. The van der Waals surface area contributed by atoms with Gasteiger partial charge in [0.15, 0.2) is 0 Å². The molecule has 6 nitrogen and oxygen atoms in total. The molecule has 0 bridgehead atoms. The Morgan fingerprint density at radius 3 is 2.30 bits per heavy atom. The normalized spacial score (nSPS) is 16.0. The Bertz CT molecular complexity index is 629. The third kappa shape index (κ3) is 4.12. The highest BCUT2D eigenvalue weighted by Gasteiger charge is 2.39. The summed E-state index contributed by atoms with van der Waals surface area (Å²) in [7, 11) is 0. The summed E-state index contributed by atoms with van der Waals surface area (Å²) >= 11 is 0. The van der Waals surface area contributed by atoms with E-state index in [1.165, 1.54) is 25.2 Å². The minimum absolute atomic E-state index is 0.129. The minimum atomic E-state index is -0.626. The topological polar surface area (TPSA) is 83.6 Å². The maximum atomic E-state index is 12.5. The van der Waals surface area contributed by atoms with Crippen LogP contribution in [0.1, 0.15) is 26.7 Å². The van der Waals surface area contributed by atoms with Gasteiger partial charge in [-0.1, -0.05) is 38.3 Å². The highest BCUT2D eigenvalue weighted by atomic mass is 16.2. The van der Waals surface area contributed by atoms with Gasteiger partial charge in [-0.2, -0.15) is 0 Å². The molecule has 1 unspecified atom stereocenters. The molecule has 1 aliphatic heterocycles. The lowest BCUT2D eigenvalue weighted by atomic mass is 10.1. The van der Waals surface area contributed by atoms with Crippen molar-refractivity contribution in [2.45, 2.75) is 32.7 Å². The predicted molar refractivity (Wildman–Crippen MR) is 85.9 cm³/mol. The summed E-state index contributed by atoms with van der Waals surface area (Å²) in [4.78, 5) is 48.7. The highest BCUT2D eigenvalue weighted by molar-refractivity contribution is 6.22. The molecular formula is C17H20N2O4. The molecule has 1 aliphatic rings. The first-order valence-electron chi connectivity index (χ1n) is 7.21. The van der Waals surface area contributed by atoms with Crippen molar-refractivity contribution in [2.75, 3.05) is 0 Å². The minimum Gasteiger partial charge on any atom is -0.297 e. The van der Waals surface area contributed by atoms with Crippen LogP contribution in [-0.4, -0.2) is 34.6 Å². The molecule has 0 fully saturated rings. The van der Waals surface area contributed by atoms with E-state index in [9.17, 15) is 19.2 Å². The molecule has 0 saturated heterocycles. The van der Waals surface area contributed by atoms with Crippen molar-refractivity contribution >= 4 is 23.6 Å². The van der Waals surface area contributed by atoms with Crippen molar-refractivity contribution in [1.82, 2.24) is 10.2 Å². The van der Waals surface area contributed by atoms with Gasteiger partial charge in [-0.05, 0) is 12.5 Å². The molecule has 122 valence electrons. The molecule has 1 rings (SSSR count). The average Bonchev–Trinajstić information content (AvgIpc) is 2.72. The maximum absolute atomic E-state index is 12.5. The molecule has 0 aromatic heterocycles. The highest BCUT2D eigenvalue weighted by Crippen LogP contribution is 2.27. The zero-order valence-corrected chi connectivity index (χ0v) is 13.3. The lowest BCUT2D eigenvalue weighted by Gasteiger charge is -2.25. The van der Waals surface area contributed by atoms with Crippen LogP contribution in [0, 0.1) is 0 Å². The Hall–Kier alpha value is -2.76. The van der Waals surface area contributed by atoms with Gasteiger partial charge < -0.3 is 0 Å². The van der Waals surface area contributed by atoms with E-state index in [4.69, 9.17) is 0 Å². The molecule has 0 saturated carbocycles. The maximum Gasteiger partial charge on any atom is 0.261 e. The number of amides is 4. The van der Waals surface area contributed by atoms with Crippen molar-refractivity contribution in [3.8, 4) is 0 Å². The summed E-state index contributed by atoms with van der Waals surface area (Å²) in [5, 5.41) is 2.14. The van der Waals surface area contributed by atoms with Crippen LogP contribution in [0.3, 0.4) is 0 Å². The van der Waals surface area contributed by atoms with E-state index in [0.717, 1.165) is 4.90 Å². The van der Waals surface area contributed by atoms with Crippen LogP contribution in [0.25, 0.3) is 0 Å². The fraction of sp³-hybridized carbons (Fsp3) is 0.294. The van der Waals surface area contributed by atoms with Crippen LogP contribution < -0.4 is 5.32 Å². The lowest BCUT2D eigenvalue weighted by Crippen LogP contribution is -2.44. The number of nitrogens with zero attached hydrogens (tertiary/aromatic N) is 1. The summed E-state index contributed by atoms with van der Waals surface area (Å²) in [5.41, 5.74) is 0.411. The molecule has 4 amide bonds. The van der Waals surface area contributed by atoms with E-state index in [2.05, 4.69) is 18.5 Å². The van der Waals surface area contributed by atoms with E-state index >= 15 is 0 Å². The van der Waals surface area contributed by atoms with Gasteiger partial charge in [-0.3, -0.25) is 29.4 Å². The fourth-order valence-corrected chi connectivity index (χ4v) is 2.32. The number of carbonyl (C=O) groups is 4. The molecule has 6 heteroatoms. The number of hydrogen-bond donors (Lipinski definition) is 1. The molecule has 23 heavy (non-hydrogen) atoms. The van der Waals surface area contributed by atoms with Crippen LogP contribution in [-0.2, 0) is 19.2 Å². The van der Waals surface area contributed by atoms with Gasteiger partial charge in [0.1, 0.15) is 0 Å². The van der Waals surface area contributed by atoms with Gasteiger partial charge in [-0.25, -0.2) is 0 Å². The van der Waals surface area contributed by atoms with E-state index in [1.807, 2.05) is 0 Å². The van der Waals surface area contributed by atoms with E-state index in [0.29, 0.717) is 6.42 Å². The standard InChI is InChI=1S/C17H20N2O4/c1-5-8-9-14-13(7-3)16(22)19(17(14)23)12(6-2)10-15(21)18-11(4)20/h5,7-9,12H,1,3,6,10H2,2,4H3,(H,18,20,21)/b9-8-. The number of hydrogen-bond acceptors (Lipinski definition) is 4. The van der Waals surface area contributed by atoms with Crippen LogP contribution >= 0.6 is 0 Å². The van der Waals surface area contributed by atoms with Crippen molar-refractivity contribution in [3.63, 3.8) is 0 Å². The second kappa shape index (κ2) is 8.03. The average molecular weight is 316 g/mol. The van der Waals surface area contributed by atoms with E-state index in [1.54, 1.807) is 13.0 Å². The van der Waals surface area contributed by atoms with Crippen LogP contribution in [0.4, 0.5) is 0 Å². The van der Waals surface area contributed by atoms with Gasteiger partial charge >= 0.3 is 0 Å². The summed E-state index contributed by atoms with van der Waals surface area (Å²) in [5.74, 6) is -1.98.